The van der Waals surface area contributed by atoms with E-state index in [0.717, 1.165) is 32.0 Å². The molecular weight excluding hydrogens is 272 g/mol. The summed E-state index contributed by atoms with van der Waals surface area (Å²) in [6.07, 6.45) is 0. The second-order valence-corrected chi connectivity index (χ2v) is 5.29. The van der Waals surface area contributed by atoms with E-state index in [-0.39, 0.29) is 5.78 Å². The molecule has 2 heterocycles. The van der Waals surface area contributed by atoms with Crippen LogP contribution in [0.25, 0.3) is 0 Å². The number of aromatic amines is 1. The van der Waals surface area contributed by atoms with Crippen molar-refractivity contribution in [3.05, 3.63) is 22.5 Å². The van der Waals surface area contributed by atoms with Crippen LogP contribution in [0.3, 0.4) is 0 Å². The van der Waals surface area contributed by atoms with Gasteiger partial charge in [0.1, 0.15) is 25.3 Å². The van der Waals surface area contributed by atoms with Gasteiger partial charge >= 0.3 is 5.97 Å². The number of esters is 1. The number of carbonyl (C=O) groups excluding carboxylic acids is 2. The number of aromatic nitrogens is 1. The number of carbonyl (C=O) groups is 2. The minimum absolute atomic E-state index is 0.0260. The summed E-state index contributed by atoms with van der Waals surface area (Å²) in [5, 5.41) is 0. The van der Waals surface area contributed by atoms with Crippen LogP contribution in [0.2, 0.25) is 0 Å². The van der Waals surface area contributed by atoms with Gasteiger partial charge in [-0.1, -0.05) is 0 Å². The molecule has 116 valence electrons. The van der Waals surface area contributed by atoms with Crippen LogP contribution in [0.4, 0.5) is 0 Å². The second kappa shape index (κ2) is 6.87. The minimum atomic E-state index is -0.402. The quantitative estimate of drug-likeness (QED) is 0.598. The number of ether oxygens (including phenoxy) is 2. The summed E-state index contributed by atoms with van der Waals surface area (Å²) in [4.78, 5) is 28.3. The van der Waals surface area contributed by atoms with Crippen molar-refractivity contribution in [3.8, 4) is 0 Å². The van der Waals surface area contributed by atoms with Crippen molar-refractivity contribution in [2.75, 3.05) is 32.9 Å². The molecule has 0 aromatic carbocycles. The predicted octanol–water partition coefficient (Wildman–Crippen LogP) is 0.118. The Morgan fingerprint density at radius 1 is 1.33 bits per heavy atom. The Labute approximate surface area is 124 Å². The molecule has 1 aromatic rings. The Bertz CT molecular complexity index is 530. The van der Waals surface area contributed by atoms with Gasteiger partial charge in [-0.05, 0) is 26.3 Å². The van der Waals surface area contributed by atoms with Crippen LogP contribution in [-0.4, -0.2) is 49.6 Å². The molecule has 1 aliphatic rings. The van der Waals surface area contributed by atoms with E-state index in [9.17, 15) is 9.59 Å². The zero-order valence-corrected chi connectivity index (χ0v) is 12.9. The highest BCUT2D eigenvalue weighted by Gasteiger charge is 2.25. The summed E-state index contributed by atoms with van der Waals surface area (Å²) in [6, 6.07) is 0. The summed E-state index contributed by atoms with van der Waals surface area (Å²) in [5.41, 5.74) is 2.52. The number of quaternary nitrogens is 1. The van der Waals surface area contributed by atoms with E-state index < -0.39 is 5.97 Å². The summed E-state index contributed by atoms with van der Waals surface area (Å²) in [7, 11) is 0. The van der Waals surface area contributed by atoms with Crippen molar-refractivity contribution in [2.24, 2.45) is 0 Å². The normalized spacial score (nSPS) is 16.0. The Kier molecular flexibility index (Phi) is 5.14. The monoisotopic (exact) mass is 295 g/mol. The molecule has 1 fully saturated rings. The van der Waals surface area contributed by atoms with Crippen molar-refractivity contribution in [3.63, 3.8) is 0 Å². The Morgan fingerprint density at radius 3 is 2.57 bits per heavy atom. The van der Waals surface area contributed by atoms with Gasteiger partial charge in [0.2, 0.25) is 0 Å². The maximum atomic E-state index is 12.0. The van der Waals surface area contributed by atoms with Crippen LogP contribution in [0.1, 0.15) is 46.0 Å². The fraction of sp³-hybridized carbons (Fsp3) is 0.600. The lowest BCUT2D eigenvalue weighted by Gasteiger charge is -2.23. The fourth-order valence-corrected chi connectivity index (χ4v) is 2.76. The second-order valence-electron chi connectivity index (χ2n) is 5.29. The molecule has 0 unspecified atom stereocenters. The summed E-state index contributed by atoms with van der Waals surface area (Å²) >= 11 is 0. The van der Waals surface area contributed by atoms with Gasteiger partial charge in [-0.3, -0.25) is 4.79 Å². The number of rotatable bonds is 5. The molecule has 0 saturated carbocycles. The van der Waals surface area contributed by atoms with Gasteiger partial charge < -0.3 is 19.4 Å². The van der Waals surface area contributed by atoms with Crippen molar-refractivity contribution in [1.29, 1.82) is 0 Å². The van der Waals surface area contributed by atoms with Crippen molar-refractivity contribution >= 4 is 11.8 Å². The SMILES string of the molecule is CCOC(=O)c1[nH]c(C[NH+]2CCOCC2)c(C(C)=O)c1C. The maximum Gasteiger partial charge on any atom is 0.355 e. The molecule has 6 heteroatoms. The van der Waals surface area contributed by atoms with E-state index in [1.807, 2.05) is 0 Å². The number of H-pyrrole nitrogens is 1. The van der Waals surface area contributed by atoms with Crippen molar-refractivity contribution in [2.45, 2.75) is 27.3 Å². The van der Waals surface area contributed by atoms with E-state index in [4.69, 9.17) is 9.47 Å². The predicted molar refractivity (Wildman–Crippen MR) is 76.7 cm³/mol. The van der Waals surface area contributed by atoms with Crippen LogP contribution in [0.15, 0.2) is 0 Å². The molecule has 0 radical (unpaired) electrons. The fourth-order valence-electron chi connectivity index (χ4n) is 2.76. The first-order valence-electron chi connectivity index (χ1n) is 7.35. The molecule has 0 aliphatic carbocycles. The topological polar surface area (TPSA) is 72.8 Å². The van der Waals surface area contributed by atoms with Crippen molar-refractivity contribution in [1.82, 2.24) is 4.98 Å². The van der Waals surface area contributed by atoms with Gasteiger partial charge in [0.15, 0.2) is 5.78 Å². The zero-order chi connectivity index (χ0) is 15.4. The van der Waals surface area contributed by atoms with Gasteiger partial charge in [-0.25, -0.2) is 4.79 Å². The lowest BCUT2D eigenvalue weighted by molar-refractivity contribution is -0.921. The number of hydrogen-bond acceptors (Lipinski definition) is 4. The van der Waals surface area contributed by atoms with Gasteiger partial charge in [-0.2, -0.15) is 0 Å². The first kappa shape index (κ1) is 15.7. The number of nitrogens with one attached hydrogen (secondary N) is 2. The first-order chi connectivity index (χ1) is 10.0. The van der Waals surface area contributed by atoms with Crippen LogP contribution < -0.4 is 4.90 Å². The number of hydrogen-bond donors (Lipinski definition) is 2. The van der Waals surface area contributed by atoms with Crippen LogP contribution >= 0.6 is 0 Å². The minimum Gasteiger partial charge on any atom is -0.461 e. The summed E-state index contributed by atoms with van der Waals surface area (Å²) in [6.45, 7) is 9.37. The molecule has 1 aliphatic heterocycles. The van der Waals surface area contributed by atoms with Crippen LogP contribution in [-0.2, 0) is 16.0 Å². The lowest BCUT2D eigenvalue weighted by Crippen LogP contribution is -3.12. The first-order valence-corrected chi connectivity index (χ1v) is 7.35. The highest BCUT2D eigenvalue weighted by Crippen LogP contribution is 2.19. The third-order valence-corrected chi connectivity index (χ3v) is 3.79. The third-order valence-electron chi connectivity index (χ3n) is 3.79. The number of Topliss-reactive ketones (excluding diaryl/α,β-unsaturated/α-hetero) is 1. The molecule has 0 spiro atoms. The molecule has 2 N–H and O–H groups in total. The molecule has 1 aromatic heterocycles. The van der Waals surface area contributed by atoms with E-state index in [1.54, 1.807) is 13.8 Å². The Hall–Kier alpha value is -1.66. The average Bonchev–Trinajstić information content (AvgIpc) is 2.77. The van der Waals surface area contributed by atoms with Crippen LogP contribution in [0, 0.1) is 6.92 Å². The van der Waals surface area contributed by atoms with Gasteiger partial charge in [0.25, 0.3) is 0 Å². The molecular formula is C15H23N2O4+. The largest absolute Gasteiger partial charge is 0.461 e. The summed E-state index contributed by atoms with van der Waals surface area (Å²) < 4.78 is 10.4. The van der Waals surface area contributed by atoms with Gasteiger partial charge in [0.05, 0.1) is 25.5 Å². The summed E-state index contributed by atoms with van der Waals surface area (Å²) in [5.74, 6) is -0.428. The molecule has 6 nitrogen and oxygen atoms in total. The Morgan fingerprint density at radius 2 is 2.00 bits per heavy atom. The average molecular weight is 295 g/mol. The van der Waals surface area contributed by atoms with E-state index in [0.29, 0.717) is 30.0 Å². The van der Waals surface area contributed by atoms with Gasteiger partial charge in [0, 0.05) is 5.56 Å². The zero-order valence-electron chi connectivity index (χ0n) is 12.9. The molecule has 2 rings (SSSR count). The highest BCUT2D eigenvalue weighted by atomic mass is 16.5. The molecule has 0 amide bonds. The standard InChI is InChI=1S/C15H22N2O4/c1-4-21-15(19)14-10(2)13(11(3)18)12(16-14)9-17-5-7-20-8-6-17/h16H,4-9H2,1-3H3/p+1. The number of ketones is 1. The smallest absolute Gasteiger partial charge is 0.355 e. The van der Waals surface area contributed by atoms with Crippen molar-refractivity contribution < 1.29 is 24.0 Å². The molecule has 0 bridgehead atoms. The molecule has 1 saturated heterocycles. The van der Waals surface area contributed by atoms with Gasteiger partial charge in [-0.15, -0.1) is 0 Å². The van der Waals surface area contributed by atoms with E-state index in [1.165, 1.54) is 11.8 Å². The third kappa shape index (κ3) is 3.51. The van der Waals surface area contributed by atoms with E-state index in [2.05, 4.69) is 4.98 Å². The van der Waals surface area contributed by atoms with E-state index >= 15 is 0 Å². The van der Waals surface area contributed by atoms with Crippen LogP contribution in [0.5, 0.6) is 0 Å². The maximum absolute atomic E-state index is 12.0. The number of morpholine rings is 1. The lowest BCUT2D eigenvalue weighted by atomic mass is 10.1. The molecule has 21 heavy (non-hydrogen) atoms. The highest BCUT2D eigenvalue weighted by molar-refractivity contribution is 6.01. The molecule has 0 atom stereocenters. The Balaban J connectivity index is 2.28.